The van der Waals surface area contributed by atoms with Crippen molar-refractivity contribution < 1.29 is 29.3 Å². The van der Waals surface area contributed by atoms with Crippen molar-refractivity contribution in [3.63, 3.8) is 0 Å². The van der Waals surface area contributed by atoms with Crippen LogP contribution in [0.2, 0.25) is 0 Å². The Hall–Kier alpha value is -2.77. The van der Waals surface area contributed by atoms with Crippen LogP contribution in [0.3, 0.4) is 0 Å². The van der Waals surface area contributed by atoms with Gasteiger partial charge in [-0.05, 0) is 60.8 Å². The van der Waals surface area contributed by atoms with Gasteiger partial charge in [0.05, 0.1) is 6.10 Å². The molecule has 1 aliphatic heterocycles. The predicted molar refractivity (Wildman–Crippen MR) is 137 cm³/mol. The molecule has 37 heavy (non-hydrogen) atoms. The van der Waals surface area contributed by atoms with Crippen molar-refractivity contribution in [2.45, 2.75) is 70.8 Å². The molecule has 1 heterocycles. The molecule has 0 bridgehead atoms. The Kier molecular flexibility index (Phi) is 6.23. The van der Waals surface area contributed by atoms with Crippen molar-refractivity contribution in [2.75, 3.05) is 0 Å². The van der Waals surface area contributed by atoms with Crippen LogP contribution in [0.5, 0.6) is 0 Å². The number of nitrogens with one attached hydrogen (secondary N) is 1. The number of ketones is 1. The van der Waals surface area contributed by atoms with E-state index in [2.05, 4.69) is 11.9 Å². The van der Waals surface area contributed by atoms with Gasteiger partial charge >= 0.3 is 5.97 Å². The molecule has 0 radical (unpaired) electrons. The van der Waals surface area contributed by atoms with E-state index in [-0.39, 0.29) is 35.5 Å². The van der Waals surface area contributed by atoms with E-state index in [0.29, 0.717) is 30.4 Å². The van der Waals surface area contributed by atoms with Crippen LogP contribution in [0, 0.1) is 35.0 Å². The third-order valence-electron chi connectivity index (χ3n) is 9.55. The Bertz CT molecular complexity index is 1170. The zero-order valence-electron chi connectivity index (χ0n) is 21.9. The van der Waals surface area contributed by atoms with E-state index in [9.17, 15) is 24.6 Å². The average Bonchev–Trinajstić information content (AvgIpc) is 3.08. The molecule has 3 aliphatic carbocycles. The first-order chi connectivity index (χ1) is 17.4. The number of ether oxygens (including phenoxy) is 1. The molecule has 1 spiro atoms. The van der Waals surface area contributed by atoms with Crippen LogP contribution in [0.25, 0.3) is 0 Å². The second kappa shape index (κ2) is 8.91. The fraction of sp³-hybridized carbons (Fsp3) is 0.567. The van der Waals surface area contributed by atoms with Gasteiger partial charge in [0.15, 0.2) is 5.78 Å². The van der Waals surface area contributed by atoms with Crippen molar-refractivity contribution in [3.05, 3.63) is 59.7 Å². The van der Waals surface area contributed by atoms with Crippen LogP contribution in [-0.4, -0.2) is 51.7 Å². The highest BCUT2D eigenvalue weighted by Gasteiger charge is 2.72. The number of amides is 1. The number of Topliss-reactive ketones (excluding diaryl/α,β-unsaturated/α-hetero) is 1. The monoisotopic (exact) mass is 507 g/mol. The summed E-state index contributed by atoms with van der Waals surface area (Å²) in [6.45, 7) is 10.8. The van der Waals surface area contributed by atoms with Gasteiger partial charge in [0.25, 0.3) is 0 Å². The first-order valence-electron chi connectivity index (χ1n) is 13.3. The van der Waals surface area contributed by atoms with E-state index in [4.69, 9.17) is 4.74 Å². The van der Waals surface area contributed by atoms with Gasteiger partial charge in [-0.15, -0.1) is 0 Å². The fourth-order valence-corrected chi connectivity index (χ4v) is 8.04. The molecule has 5 rings (SSSR count). The Morgan fingerprint density at radius 3 is 2.51 bits per heavy atom. The lowest BCUT2D eigenvalue weighted by Crippen LogP contribution is -2.64. The van der Waals surface area contributed by atoms with Gasteiger partial charge in [-0.3, -0.25) is 14.4 Å². The molecule has 198 valence electrons. The number of benzene rings is 1. The van der Waals surface area contributed by atoms with E-state index in [1.807, 2.05) is 37.3 Å². The first kappa shape index (κ1) is 25.9. The summed E-state index contributed by atoms with van der Waals surface area (Å²) in [5.74, 6) is -2.85. The number of hydrogen-bond donors (Lipinski definition) is 3. The Labute approximate surface area is 218 Å². The Morgan fingerprint density at radius 1 is 1.19 bits per heavy atom. The smallest absolute Gasteiger partial charge is 0.303 e. The van der Waals surface area contributed by atoms with Crippen LogP contribution in [0.15, 0.2) is 54.1 Å². The van der Waals surface area contributed by atoms with E-state index < -0.39 is 41.0 Å². The summed E-state index contributed by atoms with van der Waals surface area (Å²) in [4.78, 5) is 39.8. The first-order valence-corrected chi connectivity index (χ1v) is 13.3. The third-order valence-corrected chi connectivity index (χ3v) is 9.55. The number of aliphatic hydroxyl groups is 2. The minimum atomic E-state index is -1.75. The molecule has 0 aromatic heterocycles. The van der Waals surface area contributed by atoms with Crippen LogP contribution in [0.4, 0.5) is 0 Å². The molecule has 7 heteroatoms. The predicted octanol–water partition coefficient (Wildman–Crippen LogP) is 2.75. The fourth-order valence-electron chi connectivity index (χ4n) is 8.04. The van der Waals surface area contributed by atoms with Crippen molar-refractivity contribution in [3.8, 4) is 0 Å². The standard InChI is InChI=1S/C30H37NO6/c1-15-11-20-13-22-25(33)17(3)16(2)24-23(12-19-9-7-6-8-10-19)31-28(35)30(22,24)27(37-18(4)32)21(20)14-29(5,36)26(15)34/h6-10,14-16,20,22-25,27,33,36H,3,11-13H2,1-2,4-5H3,(H,31,35)/t15-,16+,20-,22-,23+,24-,25+,27-,29+,30+/m1/s1. The SMILES string of the molecule is C=C1[C@H](C)[C@@H]2[C@H](Cc3ccccc3)NC(=O)[C@]23[C@H](OC(C)=O)C2=C[C@](C)(O)C(=O)[C@H](C)C[C@@H]2C[C@@H]3[C@H]1O. The summed E-state index contributed by atoms with van der Waals surface area (Å²) in [6.07, 6.45) is 1.03. The number of carbonyl (C=O) groups excluding carboxylic acids is 3. The van der Waals surface area contributed by atoms with Gasteiger partial charge < -0.3 is 20.3 Å². The maximum absolute atomic E-state index is 14.2. The number of hydrogen-bond acceptors (Lipinski definition) is 6. The Balaban J connectivity index is 1.71. The van der Waals surface area contributed by atoms with Crippen molar-refractivity contribution in [1.29, 1.82) is 0 Å². The largest absolute Gasteiger partial charge is 0.457 e. The van der Waals surface area contributed by atoms with Gasteiger partial charge in [-0.25, -0.2) is 0 Å². The number of carbonyl (C=O) groups is 3. The molecule has 3 N–H and O–H groups in total. The highest BCUT2D eigenvalue weighted by Crippen LogP contribution is 2.64. The highest BCUT2D eigenvalue weighted by molar-refractivity contribution is 5.92. The summed E-state index contributed by atoms with van der Waals surface area (Å²) in [5.41, 5.74) is -0.637. The topological polar surface area (TPSA) is 113 Å². The number of fused-ring (bicyclic) bond motifs is 1. The van der Waals surface area contributed by atoms with Crippen molar-refractivity contribution >= 4 is 17.7 Å². The molecular weight excluding hydrogens is 470 g/mol. The minimum absolute atomic E-state index is 0.231. The lowest BCUT2D eigenvalue weighted by molar-refractivity contribution is -0.179. The van der Waals surface area contributed by atoms with E-state index in [1.54, 1.807) is 6.92 Å². The number of aliphatic hydroxyl groups excluding tert-OH is 1. The second-order valence-electron chi connectivity index (χ2n) is 11.9. The van der Waals surface area contributed by atoms with Crippen LogP contribution in [-0.2, 0) is 25.5 Å². The molecule has 1 amide bonds. The van der Waals surface area contributed by atoms with Gasteiger partial charge in [0.1, 0.15) is 17.1 Å². The summed E-state index contributed by atoms with van der Waals surface area (Å²) in [6, 6.07) is 9.63. The van der Waals surface area contributed by atoms with Crippen molar-refractivity contribution in [1.82, 2.24) is 5.32 Å². The third kappa shape index (κ3) is 3.81. The summed E-state index contributed by atoms with van der Waals surface area (Å²) < 4.78 is 6.02. The molecule has 1 aromatic rings. The maximum Gasteiger partial charge on any atom is 0.303 e. The molecule has 7 nitrogen and oxygen atoms in total. The minimum Gasteiger partial charge on any atom is -0.457 e. The molecule has 4 aliphatic rings. The van der Waals surface area contributed by atoms with E-state index in [0.717, 1.165) is 5.56 Å². The zero-order chi connectivity index (χ0) is 26.9. The molecular formula is C30H37NO6. The number of rotatable bonds is 3. The van der Waals surface area contributed by atoms with E-state index >= 15 is 0 Å². The molecule has 1 aromatic carbocycles. The van der Waals surface area contributed by atoms with E-state index in [1.165, 1.54) is 19.9 Å². The quantitative estimate of drug-likeness (QED) is 0.428. The zero-order valence-corrected chi connectivity index (χ0v) is 21.9. The normalized spacial score (nSPS) is 43.1. The van der Waals surface area contributed by atoms with Crippen LogP contribution in [0.1, 0.15) is 46.1 Å². The molecule has 2 saturated carbocycles. The average molecular weight is 508 g/mol. The lowest BCUT2D eigenvalue weighted by Gasteiger charge is -2.58. The summed E-state index contributed by atoms with van der Waals surface area (Å²) >= 11 is 0. The summed E-state index contributed by atoms with van der Waals surface area (Å²) in [5, 5.41) is 25.9. The van der Waals surface area contributed by atoms with Crippen molar-refractivity contribution in [2.24, 2.45) is 35.0 Å². The van der Waals surface area contributed by atoms with Gasteiger partial charge in [-0.2, -0.15) is 0 Å². The van der Waals surface area contributed by atoms with Gasteiger partial charge in [-0.1, -0.05) is 50.8 Å². The molecule has 3 fully saturated rings. The van der Waals surface area contributed by atoms with Crippen LogP contribution >= 0.6 is 0 Å². The molecule has 1 saturated heterocycles. The summed E-state index contributed by atoms with van der Waals surface area (Å²) in [7, 11) is 0. The van der Waals surface area contributed by atoms with Gasteiger partial charge in [0.2, 0.25) is 5.91 Å². The maximum atomic E-state index is 14.2. The highest BCUT2D eigenvalue weighted by atomic mass is 16.5. The van der Waals surface area contributed by atoms with Crippen LogP contribution < -0.4 is 5.32 Å². The second-order valence-corrected chi connectivity index (χ2v) is 11.9. The van der Waals surface area contributed by atoms with Gasteiger partial charge in [0, 0.05) is 30.7 Å². The molecule has 10 atom stereocenters. The molecule has 0 unspecified atom stereocenters. The number of esters is 1. The lowest BCUT2D eigenvalue weighted by atomic mass is 9.46. The Morgan fingerprint density at radius 2 is 1.86 bits per heavy atom.